The van der Waals surface area contributed by atoms with Gasteiger partial charge in [0.05, 0.1) is 36.0 Å². The van der Waals surface area contributed by atoms with Crippen LogP contribution in [0, 0.1) is 0 Å². The maximum absolute atomic E-state index is 13.0. The van der Waals surface area contributed by atoms with Crippen LogP contribution < -0.4 is 10.4 Å². The van der Waals surface area contributed by atoms with Crippen LogP contribution in [-0.4, -0.2) is 38.3 Å². The minimum Gasteiger partial charge on any atom is -0.496 e. The third-order valence-electron chi connectivity index (χ3n) is 4.84. The Bertz CT molecular complexity index is 1310. The number of carbonyl (C=O) groups is 1. The smallest absolute Gasteiger partial charge is 0.280 e. The van der Waals surface area contributed by atoms with Crippen molar-refractivity contribution in [1.82, 2.24) is 14.5 Å². The van der Waals surface area contributed by atoms with Gasteiger partial charge in [-0.2, -0.15) is 4.99 Å². The molecule has 2 N–H and O–H groups in total. The number of amides is 1. The number of para-hydroxylation sites is 3. The van der Waals surface area contributed by atoms with Crippen LogP contribution in [0.3, 0.4) is 0 Å². The van der Waals surface area contributed by atoms with Crippen molar-refractivity contribution >= 4 is 16.9 Å². The highest BCUT2D eigenvalue weighted by atomic mass is 16.5. The number of ether oxygens (including phenoxy) is 1. The van der Waals surface area contributed by atoms with Gasteiger partial charge in [0.25, 0.3) is 5.91 Å². The van der Waals surface area contributed by atoms with E-state index in [1.54, 1.807) is 39.3 Å². The largest absolute Gasteiger partial charge is 0.496 e. The highest BCUT2D eigenvalue weighted by molar-refractivity contribution is 5.96. The van der Waals surface area contributed by atoms with Crippen molar-refractivity contribution < 1.29 is 14.6 Å². The summed E-state index contributed by atoms with van der Waals surface area (Å²) in [5, 5.41) is 10.4. The number of carbonyl (C=O) groups excluding carboxylic acids is 1. The van der Waals surface area contributed by atoms with Gasteiger partial charge < -0.3 is 19.4 Å². The Morgan fingerprint density at radius 3 is 2.68 bits per heavy atom. The predicted octanol–water partition coefficient (Wildman–Crippen LogP) is 3.55. The molecular weight excluding hydrogens is 392 g/mol. The number of benzene rings is 2. The number of imidazole rings is 1. The summed E-state index contributed by atoms with van der Waals surface area (Å²) in [5.74, 6) is 0.268. The standard InChI is InChI=1S/C24H24N4O3/c1-24(2,30)15-28-20-10-6-5-9-18(20)26-23(28)27-22(29)16-12-13-25-19(14-16)17-8-4-7-11-21(17)31-3/h4-14,30H,15H2,1-3H3,(H,26,27,29). The lowest BCUT2D eigenvalue weighted by molar-refractivity contribution is 0.0612. The number of aliphatic hydroxyl groups is 1. The SMILES string of the molecule is COc1ccccc1-c1cc(C(=O)/N=c2\[nH]c3ccccc3n2CC(C)(C)O)ccn1. The van der Waals surface area contributed by atoms with Crippen LogP contribution in [0.4, 0.5) is 0 Å². The van der Waals surface area contributed by atoms with E-state index in [0.29, 0.717) is 22.6 Å². The fourth-order valence-corrected chi connectivity index (χ4v) is 3.48. The third kappa shape index (κ3) is 4.41. The zero-order valence-corrected chi connectivity index (χ0v) is 17.7. The van der Waals surface area contributed by atoms with Crippen molar-refractivity contribution in [2.75, 3.05) is 7.11 Å². The molecule has 0 saturated heterocycles. The number of hydrogen-bond donors (Lipinski definition) is 2. The molecule has 2 aromatic heterocycles. The van der Waals surface area contributed by atoms with E-state index in [1.807, 2.05) is 53.1 Å². The molecule has 2 aromatic carbocycles. The molecule has 0 aliphatic carbocycles. The summed E-state index contributed by atoms with van der Waals surface area (Å²) in [4.78, 5) is 24.9. The van der Waals surface area contributed by atoms with Crippen molar-refractivity contribution in [3.05, 3.63) is 78.0 Å². The second kappa shape index (κ2) is 8.20. The van der Waals surface area contributed by atoms with Gasteiger partial charge in [0.1, 0.15) is 5.75 Å². The number of hydrogen-bond acceptors (Lipinski definition) is 4. The molecule has 0 atom stereocenters. The number of H-pyrrole nitrogens is 1. The number of nitrogens with one attached hydrogen (secondary N) is 1. The third-order valence-corrected chi connectivity index (χ3v) is 4.84. The van der Waals surface area contributed by atoms with Crippen LogP contribution >= 0.6 is 0 Å². The molecule has 0 unspecified atom stereocenters. The zero-order valence-electron chi connectivity index (χ0n) is 17.7. The van der Waals surface area contributed by atoms with Gasteiger partial charge in [0, 0.05) is 17.3 Å². The molecule has 0 spiro atoms. The van der Waals surface area contributed by atoms with Gasteiger partial charge in [0.2, 0.25) is 5.62 Å². The molecule has 0 fully saturated rings. The fraction of sp³-hybridized carbons (Fsp3) is 0.208. The van der Waals surface area contributed by atoms with Crippen LogP contribution in [0.5, 0.6) is 5.75 Å². The molecule has 0 bridgehead atoms. The van der Waals surface area contributed by atoms with E-state index in [-0.39, 0.29) is 6.54 Å². The van der Waals surface area contributed by atoms with E-state index in [2.05, 4.69) is 15.0 Å². The number of nitrogens with zero attached hydrogens (tertiary/aromatic N) is 3. The average Bonchev–Trinajstić information content (AvgIpc) is 3.09. The average molecular weight is 416 g/mol. The summed E-state index contributed by atoms with van der Waals surface area (Å²) in [6, 6.07) is 18.5. The second-order valence-electron chi connectivity index (χ2n) is 7.91. The Morgan fingerprint density at radius 2 is 1.90 bits per heavy atom. The Labute approximate surface area is 179 Å². The van der Waals surface area contributed by atoms with Gasteiger partial charge in [-0.25, -0.2) is 0 Å². The molecule has 158 valence electrons. The Hall–Kier alpha value is -3.71. The van der Waals surface area contributed by atoms with E-state index in [4.69, 9.17) is 4.74 Å². The zero-order chi connectivity index (χ0) is 22.0. The molecule has 0 saturated carbocycles. The maximum Gasteiger partial charge on any atom is 0.280 e. The van der Waals surface area contributed by atoms with Crippen molar-refractivity contribution in [2.45, 2.75) is 26.0 Å². The lowest BCUT2D eigenvalue weighted by Gasteiger charge is -2.18. The van der Waals surface area contributed by atoms with E-state index in [0.717, 1.165) is 16.6 Å². The molecule has 1 amide bonds. The van der Waals surface area contributed by atoms with E-state index in [9.17, 15) is 9.90 Å². The maximum atomic E-state index is 13.0. The first kappa shape index (κ1) is 20.6. The van der Waals surface area contributed by atoms with Crippen molar-refractivity contribution in [2.24, 2.45) is 4.99 Å². The van der Waals surface area contributed by atoms with E-state index >= 15 is 0 Å². The molecule has 0 radical (unpaired) electrons. The molecule has 0 aliphatic rings. The first-order chi connectivity index (χ1) is 14.9. The summed E-state index contributed by atoms with van der Waals surface area (Å²) < 4.78 is 7.23. The highest BCUT2D eigenvalue weighted by Crippen LogP contribution is 2.28. The molecule has 31 heavy (non-hydrogen) atoms. The Balaban J connectivity index is 1.78. The number of fused-ring (bicyclic) bond motifs is 1. The molecule has 4 aromatic rings. The minimum atomic E-state index is -0.976. The lowest BCUT2D eigenvalue weighted by Crippen LogP contribution is -2.32. The summed E-state index contributed by atoms with van der Waals surface area (Å²) >= 11 is 0. The summed E-state index contributed by atoms with van der Waals surface area (Å²) in [6.07, 6.45) is 1.58. The number of rotatable bonds is 5. The van der Waals surface area contributed by atoms with Gasteiger partial charge in [-0.1, -0.05) is 24.3 Å². The number of pyridine rings is 1. The van der Waals surface area contributed by atoms with Crippen LogP contribution in [0.25, 0.3) is 22.3 Å². The molecule has 2 heterocycles. The van der Waals surface area contributed by atoms with E-state index in [1.165, 1.54) is 0 Å². The molecule has 0 aliphatic heterocycles. The summed E-state index contributed by atoms with van der Waals surface area (Å²) in [7, 11) is 1.60. The normalized spacial score (nSPS) is 12.3. The number of aromatic amines is 1. The van der Waals surface area contributed by atoms with Crippen LogP contribution in [0.15, 0.2) is 71.9 Å². The summed E-state index contributed by atoms with van der Waals surface area (Å²) in [6.45, 7) is 3.72. The molecule has 7 nitrogen and oxygen atoms in total. The van der Waals surface area contributed by atoms with Crippen LogP contribution in [-0.2, 0) is 6.54 Å². The Kier molecular flexibility index (Phi) is 5.44. The topological polar surface area (TPSA) is 92.5 Å². The van der Waals surface area contributed by atoms with Crippen molar-refractivity contribution in [3.8, 4) is 17.0 Å². The van der Waals surface area contributed by atoms with Crippen LogP contribution in [0.2, 0.25) is 0 Å². The first-order valence-electron chi connectivity index (χ1n) is 9.94. The van der Waals surface area contributed by atoms with Gasteiger partial charge in [-0.05, 0) is 50.2 Å². The first-order valence-corrected chi connectivity index (χ1v) is 9.94. The van der Waals surface area contributed by atoms with E-state index < -0.39 is 11.5 Å². The lowest BCUT2D eigenvalue weighted by atomic mass is 10.1. The molecule has 4 rings (SSSR count). The monoisotopic (exact) mass is 416 g/mol. The van der Waals surface area contributed by atoms with Gasteiger partial charge in [-0.15, -0.1) is 0 Å². The molecular formula is C24H24N4O3. The Morgan fingerprint density at radius 1 is 1.16 bits per heavy atom. The second-order valence-corrected chi connectivity index (χ2v) is 7.91. The van der Waals surface area contributed by atoms with Gasteiger partial charge in [0.15, 0.2) is 0 Å². The quantitative estimate of drug-likeness (QED) is 0.520. The van der Waals surface area contributed by atoms with Gasteiger partial charge >= 0.3 is 0 Å². The number of aromatic nitrogens is 3. The van der Waals surface area contributed by atoms with Crippen molar-refractivity contribution in [3.63, 3.8) is 0 Å². The van der Waals surface area contributed by atoms with Crippen LogP contribution in [0.1, 0.15) is 24.2 Å². The minimum absolute atomic E-state index is 0.284. The number of methoxy groups -OCH3 is 1. The molecule has 7 heteroatoms. The van der Waals surface area contributed by atoms with Crippen molar-refractivity contribution in [1.29, 1.82) is 0 Å². The predicted molar refractivity (Wildman–Crippen MR) is 119 cm³/mol. The fourth-order valence-electron chi connectivity index (χ4n) is 3.48. The summed E-state index contributed by atoms with van der Waals surface area (Å²) in [5.41, 5.74) is 2.93. The highest BCUT2D eigenvalue weighted by Gasteiger charge is 2.17. The van der Waals surface area contributed by atoms with Gasteiger partial charge in [-0.3, -0.25) is 9.78 Å².